The van der Waals surface area contributed by atoms with E-state index in [0.717, 1.165) is 17.2 Å². The second-order valence-corrected chi connectivity index (χ2v) is 6.15. The average Bonchev–Trinajstić information content (AvgIpc) is 2.83. The molecule has 0 fully saturated rings. The predicted octanol–water partition coefficient (Wildman–Crippen LogP) is 1.91. The number of aliphatic hydroxyl groups excluding tert-OH is 1. The van der Waals surface area contributed by atoms with Crippen LogP contribution in [0.3, 0.4) is 0 Å². The van der Waals surface area contributed by atoms with Crippen molar-refractivity contribution in [3.05, 3.63) is 40.3 Å². The van der Waals surface area contributed by atoms with Crippen molar-refractivity contribution in [1.82, 2.24) is 9.88 Å². The van der Waals surface area contributed by atoms with Gasteiger partial charge in [-0.05, 0) is 38.2 Å². The van der Waals surface area contributed by atoms with Crippen LogP contribution in [0.25, 0.3) is 0 Å². The smallest absolute Gasteiger partial charge is 0.119 e. The van der Waals surface area contributed by atoms with E-state index >= 15 is 0 Å². The minimum Gasteiger partial charge on any atom is -0.491 e. The molecule has 0 radical (unpaired) electrons. The number of rotatable bonds is 7. The summed E-state index contributed by atoms with van der Waals surface area (Å²) in [7, 11) is 1.96. The van der Waals surface area contributed by atoms with Crippen LogP contribution in [-0.2, 0) is 6.54 Å². The molecule has 0 aliphatic carbocycles. The lowest BCUT2D eigenvalue weighted by atomic mass is 10.3. The minimum absolute atomic E-state index is 0.254. The Balaban J connectivity index is 1.73. The molecule has 1 atom stereocenters. The second kappa shape index (κ2) is 7.40. The number of benzene rings is 1. The summed E-state index contributed by atoms with van der Waals surface area (Å²) in [5.74, 6) is 0.709. The van der Waals surface area contributed by atoms with E-state index in [1.807, 2.05) is 24.3 Å². The van der Waals surface area contributed by atoms with Crippen molar-refractivity contribution in [3.8, 4) is 5.75 Å². The molecule has 6 heteroatoms. The summed E-state index contributed by atoms with van der Waals surface area (Å²) in [6.07, 6.45) is -0.549. The third-order valence-corrected chi connectivity index (χ3v) is 3.77. The standard InChI is InChI=1S/C15H21N3O2S/c1-11-17-13(10-21-11)7-18(2)8-14(19)9-20-15-5-3-12(16)4-6-15/h3-6,10,14,19H,7-9,16H2,1-2H3. The molecular weight excluding hydrogens is 286 g/mol. The number of nitrogen functional groups attached to an aromatic ring is 1. The van der Waals surface area contributed by atoms with Gasteiger partial charge in [-0.3, -0.25) is 4.90 Å². The molecule has 0 aliphatic rings. The maximum Gasteiger partial charge on any atom is 0.119 e. The van der Waals surface area contributed by atoms with Gasteiger partial charge in [0.1, 0.15) is 18.5 Å². The number of hydrogen-bond acceptors (Lipinski definition) is 6. The van der Waals surface area contributed by atoms with Crippen LogP contribution < -0.4 is 10.5 Å². The summed E-state index contributed by atoms with van der Waals surface area (Å²) in [5, 5.41) is 13.1. The number of nitrogens with two attached hydrogens (primary N) is 1. The van der Waals surface area contributed by atoms with Gasteiger partial charge < -0.3 is 15.6 Å². The van der Waals surface area contributed by atoms with Gasteiger partial charge in [0, 0.05) is 24.2 Å². The van der Waals surface area contributed by atoms with E-state index in [1.165, 1.54) is 0 Å². The van der Waals surface area contributed by atoms with Crippen LogP contribution >= 0.6 is 11.3 Å². The first-order chi connectivity index (χ1) is 10.0. The molecular formula is C15H21N3O2S. The van der Waals surface area contributed by atoms with Crippen LogP contribution in [0, 0.1) is 6.92 Å². The Labute approximate surface area is 129 Å². The van der Waals surface area contributed by atoms with Gasteiger partial charge in [-0.15, -0.1) is 11.3 Å². The van der Waals surface area contributed by atoms with E-state index in [2.05, 4.69) is 4.98 Å². The molecule has 0 aliphatic heterocycles. The first-order valence-corrected chi connectivity index (χ1v) is 7.67. The quantitative estimate of drug-likeness (QED) is 0.765. The number of hydrogen-bond donors (Lipinski definition) is 2. The Morgan fingerprint density at radius 2 is 2.10 bits per heavy atom. The summed E-state index contributed by atoms with van der Waals surface area (Å²) in [4.78, 5) is 6.45. The Morgan fingerprint density at radius 1 is 1.38 bits per heavy atom. The van der Waals surface area contributed by atoms with Crippen LogP contribution in [0.5, 0.6) is 5.75 Å². The van der Waals surface area contributed by atoms with Crippen molar-refractivity contribution in [1.29, 1.82) is 0 Å². The van der Waals surface area contributed by atoms with Gasteiger partial charge in [0.15, 0.2) is 0 Å². The zero-order valence-corrected chi connectivity index (χ0v) is 13.1. The summed E-state index contributed by atoms with van der Waals surface area (Å²) in [6.45, 7) is 3.50. The highest BCUT2D eigenvalue weighted by Gasteiger charge is 2.11. The first-order valence-electron chi connectivity index (χ1n) is 6.79. The highest BCUT2D eigenvalue weighted by Crippen LogP contribution is 2.13. The van der Waals surface area contributed by atoms with Crippen molar-refractivity contribution in [2.24, 2.45) is 0 Å². The SMILES string of the molecule is Cc1nc(CN(C)CC(O)COc2ccc(N)cc2)cs1. The van der Waals surface area contributed by atoms with Gasteiger partial charge in [-0.1, -0.05) is 0 Å². The van der Waals surface area contributed by atoms with Crippen LogP contribution in [0.2, 0.25) is 0 Å². The van der Waals surface area contributed by atoms with Gasteiger partial charge in [0.2, 0.25) is 0 Å². The topological polar surface area (TPSA) is 71.6 Å². The van der Waals surface area contributed by atoms with Gasteiger partial charge >= 0.3 is 0 Å². The predicted molar refractivity (Wildman–Crippen MR) is 85.5 cm³/mol. The number of nitrogens with zero attached hydrogens (tertiary/aromatic N) is 2. The van der Waals surface area contributed by atoms with Crippen LogP contribution in [0.4, 0.5) is 5.69 Å². The molecule has 2 rings (SSSR count). The lowest BCUT2D eigenvalue weighted by Crippen LogP contribution is -2.32. The fraction of sp³-hybridized carbons (Fsp3) is 0.400. The Kier molecular flexibility index (Phi) is 5.55. The van der Waals surface area contributed by atoms with E-state index in [9.17, 15) is 5.11 Å². The zero-order valence-electron chi connectivity index (χ0n) is 12.3. The molecule has 2 aromatic rings. The van der Waals surface area contributed by atoms with Crippen molar-refractivity contribution < 1.29 is 9.84 Å². The highest BCUT2D eigenvalue weighted by atomic mass is 32.1. The number of anilines is 1. The third kappa shape index (κ3) is 5.34. The molecule has 5 nitrogen and oxygen atoms in total. The van der Waals surface area contributed by atoms with Gasteiger partial charge in [0.25, 0.3) is 0 Å². The van der Waals surface area contributed by atoms with Crippen molar-refractivity contribution >= 4 is 17.0 Å². The highest BCUT2D eigenvalue weighted by molar-refractivity contribution is 7.09. The Morgan fingerprint density at radius 3 is 2.71 bits per heavy atom. The average molecular weight is 307 g/mol. The number of thiazole rings is 1. The maximum absolute atomic E-state index is 10.0. The molecule has 3 N–H and O–H groups in total. The van der Waals surface area contributed by atoms with E-state index in [1.54, 1.807) is 35.6 Å². The summed E-state index contributed by atoms with van der Waals surface area (Å²) < 4.78 is 5.53. The maximum atomic E-state index is 10.0. The molecule has 0 spiro atoms. The van der Waals surface area contributed by atoms with E-state index in [4.69, 9.17) is 10.5 Å². The van der Waals surface area contributed by atoms with Crippen molar-refractivity contribution in [2.75, 3.05) is 25.9 Å². The lowest BCUT2D eigenvalue weighted by molar-refractivity contribution is 0.0741. The molecule has 1 aromatic heterocycles. The third-order valence-electron chi connectivity index (χ3n) is 2.94. The van der Waals surface area contributed by atoms with Gasteiger partial charge in [-0.2, -0.15) is 0 Å². The van der Waals surface area contributed by atoms with E-state index in [0.29, 0.717) is 18.0 Å². The number of aryl methyl sites for hydroxylation is 1. The fourth-order valence-corrected chi connectivity index (χ4v) is 2.59. The molecule has 0 saturated carbocycles. The molecule has 0 amide bonds. The number of aromatic nitrogens is 1. The lowest BCUT2D eigenvalue weighted by Gasteiger charge is -2.20. The van der Waals surface area contributed by atoms with Gasteiger partial charge in [0.05, 0.1) is 10.7 Å². The van der Waals surface area contributed by atoms with Crippen LogP contribution in [0.15, 0.2) is 29.6 Å². The second-order valence-electron chi connectivity index (χ2n) is 5.09. The molecule has 1 heterocycles. The molecule has 1 unspecified atom stereocenters. The van der Waals surface area contributed by atoms with E-state index < -0.39 is 6.10 Å². The molecule has 1 aromatic carbocycles. The fourth-order valence-electron chi connectivity index (χ4n) is 1.99. The van der Waals surface area contributed by atoms with Gasteiger partial charge in [-0.25, -0.2) is 4.98 Å². The monoisotopic (exact) mass is 307 g/mol. The summed E-state index contributed by atoms with van der Waals surface area (Å²) in [5.41, 5.74) is 7.34. The molecule has 0 saturated heterocycles. The number of ether oxygens (including phenoxy) is 1. The van der Waals surface area contributed by atoms with Crippen LogP contribution in [-0.4, -0.2) is 41.3 Å². The van der Waals surface area contributed by atoms with E-state index in [-0.39, 0.29) is 6.61 Å². The summed E-state index contributed by atoms with van der Waals surface area (Å²) in [6, 6.07) is 7.14. The molecule has 0 bridgehead atoms. The summed E-state index contributed by atoms with van der Waals surface area (Å²) >= 11 is 1.64. The largest absolute Gasteiger partial charge is 0.491 e. The van der Waals surface area contributed by atoms with Crippen molar-refractivity contribution in [3.63, 3.8) is 0 Å². The normalized spacial score (nSPS) is 12.6. The number of likely N-dealkylation sites (N-methyl/N-ethyl adjacent to an activating group) is 1. The Hall–Kier alpha value is -1.63. The number of aliphatic hydroxyl groups is 1. The Bertz CT molecular complexity index is 556. The first kappa shape index (κ1) is 15.8. The zero-order chi connectivity index (χ0) is 15.2. The molecule has 114 valence electrons. The van der Waals surface area contributed by atoms with Crippen molar-refractivity contribution in [2.45, 2.75) is 19.6 Å². The minimum atomic E-state index is -0.549. The van der Waals surface area contributed by atoms with Crippen LogP contribution in [0.1, 0.15) is 10.7 Å². The molecule has 21 heavy (non-hydrogen) atoms.